The summed E-state index contributed by atoms with van der Waals surface area (Å²) in [5, 5.41) is 3.31. The normalized spacial score (nSPS) is 21.4. The van der Waals surface area contributed by atoms with E-state index in [4.69, 9.17) is 11.6 Å². The maximum atomic E-state index is 12.1. The molecule has 21 heavy (non-hydrogen) atoms. The van der Waals surface area contributed by atoms with Crippen LogP contribution in [0.5, 0.6) is 0 Å². The van der Waals surface area contributed by atoms with Crippen LogP contribution >= 0.6 is 11.6 Å². The highest BCUT2D eigenvalue weighted by Gasteiger charge is 2.39. The minimum absolute atomic E-state index is 0.0868. The van der Waals surface area contributed by atoms with E-state index in [9.17, 15) is 9.59 Å². The molecule has 0 bridgehead atoms. The van der Waals surface area contributed by atoms with Gasteiger partial charge in [0.1, 0.15) is 5.92 Å². The minimum Gasteiger partial charge on any atom is -0.346 e. The fourth-order valence-electron chi connectivity index (χ4n) is 2.64. The lowest BCUT2D eigenvalue weighted by Crippen LogP contribution is -2.25. The van der Waals surface area contributed by atoms with Crippen LogP contribution in [0.2, 0.25) is 5.02 Å². The Labute approximate surface area is 127 Å². The molecular weight excluding hydrogens is 286 g/mol. The SMILES string of the molecule is CC1NC(=O)C(c2cccc(-c3ccccc3Cl)c2)C1=O. The summed E-state index contributed by atoms with van der Waals surface area (Å²) < 4.78 is 0. The predicted octanol–water partition coefficient (Wildman–Crippen LogP) is 3.18. The molecule has 1 amide bonds. The number of hydrogen-bond donors (Lipinski definition) is 1. The third kappa shape index (κ3) is 2.45. The van der Waals surface area contributed by atoms with Crippen molar-refractivity contribution >= 4 is 23.3 Å². The molecule has 0 aliphatic carbocycles. The van der Waals surface area contributed by atoms with Crippen molar-refractivity contribution in [1.29, 1.82) is 0 Å². The first-order valence-corrected chi connectivity index (χ1v) is 7.14. The lowest BCUT2D eigenvalue weighted by atomic mass is 9.92. The molecule has 1 aliphatic heterocycles. The maximum Gasteiger partial charge on any atom is 0.235 e. The molecule has 3 nitrogen and oxygen atoms in total. The van der Waals surface area contributed by atoms with Crippen molar-refractivity contribution in [1.82, 2.24) is 5.32 Å². The molecule has 0 aromatic heterocycles. The van der Waals surface area contributed by atoms with E-state index in [0.29, 0.717) is 10.6 Å². The average Bonchev–Trinajstić information content (AvgIpc) is 2.73. The van der Waals surface area contributed by atoms with Crippen molar-refractivity contribution in [3.63, 3.8) is 0 Å². The van der Waals surface area contributed by atoms with Gasteiger partial charge in [-0.2, -0.15) is 0 Å². The Balaban J connectivity index is 2.04. The number of nitrogens with one attached hydrogen (secondary N) is 1. The summed E-state index contributed by atoms with van der Waals surface area (Å²) in [5.41, 5.74) is 2.50. The quantitative estimate of drug-likeness (QED) is 0.866. The van der Waals surface area contributed by atoms with Gasteiger partial charge in [-0.25, -0.2) is 0 Å². The zero-order valence-electron chi connectivity index (χ0n) is 11.5. The standard InChI is InChI=1S/C17H14ClNO2/c1-10-16(20)15(17(21)19-10)12-6-4-5-11(9-12)13-7-2-3-8-14(13)18/h2-10,15H,1H3,(H,19,21). The molecule has 1 N–H and O–H groups in total. The molecular formula is C17H14ClNO2. The third-order valence-electron chi connectivity index (χ3n) is 3.74. The highest BCUT2D eigenvalue weighted by Crippen LogP contribution is 2.31. The molecule has 1 fully saturated rings. The Kier molecular flexibility index (Phi) is 3.52. The zero-order chi connectivity index (χ0) is 15.0. The number of Topliss-reactive ketones (excluding diaryl/α,β-unsaturated/α-hetero) is 1. The van der Waals surface area contributed by atoms with Crippen molar-refractivity contribution in [3.05, 3.63) is 59.1 Å². The molecule has 1 aliphatic rings. The van der Waals surface area contributed by atoms with E-state index in [1.807, 2.05) is 42.5 Å². The van der Waals surface area contributed by atoms with Gasteiger partial charge in [-0.15, -0.1) is 0 Å². The first-order valence-electron chi connectivity index (χ1n) is 6.77. The van der Waals surface area contributed by atoms with Crippen LogP contribution < -0.4 is 5.32 Å². The van der Waals surface area contributed by atoms with Crippen molar-refractivity contribution in [2.75, 3.05) is 0 Å². The number of hydrogen-bond acceptors (Lipinski definition) is 2. The lowest BCUT2D eigenvalue weighted by Gasteiger charge is -2.10. The number of carbonyl (C=O) groups is 2. The molecule has 2 aromatic rings. The number of halogens is 1. The maximum absolute atomic E-state index is 12.1. The molecule has 106 valence electrons. The van der Waals surface area contributed by atoms with Crippen LogP contribution in [0.4, 0.5) is 0 Å². The number of rotatable bonds is 2. The zero-order valence-corrected chi connectivity index (χ0v) is 12.2. The summed E-state index contributed by atoms with van der Waals surface area (Å²) in [4.78, 5) is 24.1. The summed E-state index contributed by atoms with van der Waals surface area (Å²) >= 11 is 6.21. The van der Waals surface area contributed by atoms with Gasteiger partial charge in [-0.1, -0.05) is 48.0 Å². The highest BCUT2D eigenvalue weighted by molar-refractivity contribution is 6.33. The van der Waals surface area contributed by atoms with Crippen LogP contribution in [0.15, 0.2) is 48.5 Å². The molecule has 4 heteroatoms. The molecule has 3 rings (SSSR count). The van der Waals surface area contributed by atoms with E-state index in [1.165, 1.54) is 0 Å². The Hall–Kier alpha value is -2.13. The first kappa shape index (κ1) is 13.8. The largest absolute Gasteiger partial charge is 0.346 e. The monoisotopic (exact) mass is 299 g/mol. The Morgan fingerprint density at radius 2 is 1.81 bits per heavy atom. The van der Waals surface area contributed by atoms with Gasteiger partial charge in [0, 0.05) is 10.6 Å². The Bertz CT molecular complexity index is 726. The lowest BCUT2D eigenvalue weighted by molar-refractivity contribution is -0.124. The van der Waals surface area contributed by atoms with Gasteiger partial charge in [0.15, 0.2) is 5.78 Å². The van der Waals surface area contributed by atoms with E-state index < -0.39 is 12.0 Å². The smallest absolute Gasteiger partial charge is 0.235 e. The van der Waals surface area contributed by atoms with Gasteiger partial charge < -0.3 is 5.32 Å². The van der Waals surface area contributed by atoms with Gasteiger partial charge in [-0.3, -0.25) is 9.59 Å². The first-order chi connectivity index (χ1) is 10.1. The van der Waals surface area contributed by atoms with Crippen LogP contribution in [0.1, 0.15) is 18.4 Å². The topological polar surface area (TPSA) is 46.2 Å². The van der Waals surface area contributed by atoms with E-state index in [1.54, 1.807) is 13.0 Å². The van der Waals surface area contributed by atoms with E-state index in [-0.39, 0.29) is 11.7 Å². The van der Waals surface area contributed by atoms with Crippen molar-refractivity contribution in [2.45, 2.75) is 18.9 Å². The minimum atomic E-state index is -0.720. The summed E-state index contributed by atoms with van der Waals surface area (Å²) in [7, 11) is 0. The van der Waals surface area contributed by atoms with Crippen LogP contribution in [0, 0.1) is 0 Å². The fraction of sp³-hybridized carbons (Fsp3) is 0.176. The Morgan fingerprint density at radius 1 is 1.05 bits per heavy atom. The summed E-state index contributed by atoms with van der Waals surface area (Å²) in [6.07, 6.45) is 0. The molecule has 0 spiro atoms. The van der Waals surface area contributed by atoms with Crippen LogP contribution in [0.25, 0.3) is 11.1 Å². The van der Waals surface area contributed by atoms with E-state index in [0.717, 1.165) is 11.1 Å². The Morgan fingerprint density at radius 3 is 2.48 bits per heavy atom. The van der Waals surface area contributed by atoms with Crippen LogP contribution in [-0.4, -0.2) is 17.7 Å². The van der Waals surface area contributed by atoms with Crippen molar-refractivity contribution in [3.8, 4) is 11.1 Å². The van der Waals surface area contributed by atoms with Crippen LogP contribution in [0.3, 0.4) is 0 Å². The summed E-state index contributed by atoms with van der Waals surface area (Å²) in [6.45, 7) is 1.71. The summed E-state index contributed by atoms with van der Waals surface area (Å²) in [5.74, 6) is -1.04. The molecule has 1 heterocycles. The molecule has 1 saturated heterocycles. The molecule has 0 radical (unpaired) electrons. The molecule has 2 aromatic carbocycles. The number of amides is 1. The number of carbonyl (C=O) groups excluding carboxylic acids is 2. The van der Waals surface area contributed by atoms with Crippen molar-refractivity contribution in [2.24, 2.45) is 0 Å². The summed E-state index contributed by atoms with van der Waals surface area (Å²) in [6, 6.07) is 14.5. The van der Waals surface area contributed by atoms with Crippen LogP contribution in [-0.2, 0) is 9.59 Å². The highest BCUT2D eigenvalue weighted by atomic mass is 35.5. The average molecular weight is 300 g/mol. The predicted molar refractivity (Wildman–Crippen MR) is 82.2 cm³/mol. The van der Waals surface area contributed by atoms with Gasteiger partial charge in [0.25, 0.3) is 0 Å². The van der Waals surface area contributed by atoms with Gasteiger partial charge in [0.2, 0.25) is 5.91 Å². The molecule has 0 saturated carbocycles. The van der Waals surface area contributed by atoms with Gasteiger partial charge in [-0.05, 0) is 30.2 Å². The third-order valence-corrected chi connectivity index (χ3v) is 4.07. The molecule has 2 unspecified atom stereocenters. The van der Waals surface area contributed by atoms with E-state index >= 15 is 0 Å². The molecule has 2 atom stereocenters. The second kappa shape index (κ2) is 5.34. The van der Waals surface area contributed by atoms with E-state index in [2.05, 4.69) is 5.32 Å². The number of benzene rings is 2. The second-order valence-corrected chi connectivity index (χ2v) is 5.58. The van der Waals surface area contributed by atoms with Gasteiger partial charge in [0.05, 0.1) is 6.04 Å². The number of ketones is 1. The van der Waals surface area contributed by atoms with Gasteiger partial charge >= 0.3 is 0 Å². The fourth-order valence-corrected chi connectivity index (χ4v) is 2.89. The second-order valence-electron chi connectivity index (χ2n) is 5.17. The van der Waals surface area contributed by atoms with Crippen molar-refractivity contribution < 1.29 is 9.59 Å².